The van der Waals surface area contributed by atoms with Crippen molar-refractivity contribution >= 4 is 0 Å². The second kappa shape index (κ2) is 4.77. The summed E-state index contributed by atoms with van der Waals surface area (Å²) in [5, 5.41) is 7.65. The topological polar surface area (TPSA) is 33.1 Å². The molecule has 4 nitrogen and oxygen atoms in total. The third-order valence-corrected chi connectivity index (χ3v) is 3.01. The molecule has 15 heavy (non-hydrogen) atoms. The predicted molar refractivity (Wildman–Crippen MR) is 60.5 cm³/mol. The molecular weight excluding hydrogens is 188 g/mol. The van der Waals surface area contributed by atoms with E-state index >= 15 is 0 Å². The van der Waals surface area contributed by atoms with Gasteiger partial charge < -0.3 is 10.2 Å². The van der Waals surface area contributed by atoms with Gasteiger partial charge in [0.2, 0.25) is 0 Å². The first-order valence-corrected chi connectivity index (χ1v) is 5.61. The summed E-state index contributed by atoms with van der Waals surface area (Å²) in [6.45, 7) is 4.55. The Morgan fingerprint density at radius 3 is 3.00 bits per heavy atom. The van der Waals surface area contributed by atoms with Gasteiger partial charge in [0, 0.05) is 31.9 Å². The number of aromatic nitrogens is 2. The molecule has 1 unspecified atom stereocenters. The fourth-order valence-electron chi connectivity index (χ4n) is 2.18. The van der Waals surface area contributed by atoms with Gasteiger partial charge in [-0.3, -0.25) is 4.68 Å². The van der Waals surface area contributed by atoms with E-state index in [-0.39, 0.29) is 0 Å². The molecule has 0 spiro atoms. The molecule has 2 heterocycles. The van der Waals surface area contributed by atoms with E-state index in [1.54, 1.807) is 0 Å². The highest BCUT2D eigenvalue weighted by molar-refractivity contribution is 5.02. The van der Waals surface area contributed by atoms with Gasteiger partial charge in [-0.1, -0.05) is 0 Å². The Morgan fingerprint density at radius 1 is 1.53 bits per heavy atom. The molecule has 1 saturated heterocycles. The number of rotatable bonds is 4. The first kappa shape index (κ1) is 10.6. The molecule has 0 aliphatic carbocycles. The summed E-state index contributed by atoms with van der Waals surface area (Å²) in [5.41, 5.74) is 1.27. The van der Waals surface area contributed by atoms with Crippen molar-refractivity contribution in [2.75, 3.05) is 26.7 Å². The van der Waals surface area contributed by atoms with Crippen LogP contribution in [0.15, 0.2) is 12.4 Å². The van der Waals surface area contributed by atoms with Crippen LogP contribution in [-0.4, -0.2) is 41.4 Å². The maximum Gasteiger partial charge on any atom is 0.0534 e. The average Bonchev–Trinajstić information content (AvgIpc) is 2.76. The van der Waals surface area contributed by atoms with Gasteiger partial charge in [0.15, 0.2) is 0 Å². The molecule has 2 rings (SSSR count). The molecule has 1 fully saturated rings. The van der Waals surface area contributed by atoms with Crippen LogP contribution in [0.4, 0.5) is 0 Å². The van der Waals surface area contributed by atoms with Gasteiger partial charge in [-0.05, 0) is 32.5 Å². The van der Waals surface area contributed by atoms with E-state index in [0.29, 0.717) is 0 Å². The molecule has 1 aliphatic rings. The minimum absolute atomic E-state index is 0.826. The summed E-state index contributed by atoms with van der Waals surface area (Å²) in [7, 11) is 4.15. The van der Waals surface area contributed by atoms with Crippen LogP contribution in [-0.2, 0) is 13.6 Å². The number of hydrogen-bond donors (Lipinski definition) is 1. The number of aryl methyl sites for hydroxylation is 1. The first-order chi connectivity index (χ1) is 7.24. The highest BCUT2D eigenvalue weighted by Gasteiger charge is 2.18. The normalized spacial score (nSPS) is 22.4. The Bertz CT molecular complexity index is 307. The average molecular weight is 208 g/mol. The summed E-state index contributed by atoms with van der Waals surface area (Å²) in [5.74, 6) is 0.826. The summed E-state index contributed by atoms with van der Waals surface area (Å²) in [6.07, 6.45) is 5.32. The lowest BCUT2D eigenvalue weighted by Crippen LogP contribution is -2.24. The molecule has 0 saturated carbocycles. The highest BCUT2D eigenvalue weighted by atomic mass is 15.2. The van der Waals surface area contributed by atoms with Crippen molar-refractivity contribution in [1.29, 1.82) is 0 Å². The molecule has 0 amide bonds. The predicted octanol–water partition coefficient (Wildman–Crippen LogP) is 0.461. The Morgan fingerprint density at radius 2 is 2.40 bits per heavy atom. The van der Waals surface area contributed by atoms with Crippen LogP contribution in [0.2, 0.25) is 0 Å². The maximum absolute atomic E-state index is 4.15. The van der Waals surface area contributed by atoms with E-state index < -0.39 is 0 Å². The molecule has 1 atom stereocenters. The van der Waals surface area contributed by atoms with Gasteiger partial charge in [0.25, 0.3) is 0 Å². The van der Waals surface area contributed by atoms with Crippen LogP contribution >= 0.6 is 0 Å². The first-order valence-electron chi connectivity index (χ1n) is 5.61. The van der Waals surface area contributed by atoms with Crippen LogP contribution < -0.4 is 5.32 Å². The van der Waals surface area contributed by atoms with Gasteiger partial charge in [-0.15, -0.1) is 0 Å². The number of nitrogens with one attached hydrogen (secondary N) is 1. The molecule has 0 bridgehead atoms. The number of hydrogen-bond acceptors (Lipinski definition) is 3. The van der Waals surface area contributed by atoms with E-state index in [1.807, 2.05) is 17.9 Å². The van der Waals surface area contributed by atoms with E-state index in [0.717, 1.165) is 19.0 Å². The van der Waals surface area contributed by atoms with E-state index in [2.05, 4.69) is 28.6 Å². The Hall–Kier alpha value is -0.870. The smallest absolute Gasteiger partial charge is 0.0534 e. The minimum Gasteiger partial charge on any atom is -0.312 e. The molecule has 1 aromatic heterocycles. The van der Waals surface area contributed by atoms with Crippen LogP contribution in [0.5, 0.6) is 0 Å². The zero-order chi connectivity index (χ0) is 10.7. The fourth-order valence-corrected chi connectivity index (χ4v) is 2.18. The minimum atomic E-state index is 0.826. The zero-order valence-corrected chi connectivity index (χ0v) is 9.61. The number of nitrogens with zero attached hydrogens (tertiary/aromatic N) is 3. The Labute approximate surface area is 91.3 Å². The van der Waals surface area contributed by atoms with Gasteiger partial charge in [0.05, 0.1) is 6.20 Å². The van der Waals surface area contributed by atoms with Gasteiger partial charge in [-0.2, -0.15) is 5.10 Å². The van der Waals surface area contributed by atoms with Crippen LogP contribution in [0, 0.1) is 5.92 Å². The molecular formula is C11H20N4. The van der Waals surface area contributed by atoms with Crippen molar-refractivity contribution in [2.24, 2.45) is 13.0 Å². The summed E-state index contributed by atoms with van der Waals surface area (Å²) in [4.78, 5) is 2.40. The monoisotopic (exact) mass is 208 g/mol. The second-order valence-corrected chi connectivity index (χ2v) is 4.57. The Kier molecular flexibility index (Phi) is 3.38. The van der Waals surface area contributed by atoms with Crippen molar-refractivity contribution in [3.05, 3.63) is 18.0 Å². The molecule has 4 heteroatoms. The van der Waals surface area contributed by atoms with E-state index in [4.69, 9.17) is 0 Å². The molecule has 1 N–H and O–H groups in total. The lowest BCUT2D eigenvalue weighted by Gasteiger charge is -2.10. The summed E-state index contributed by atoms with van der Waals surface area (Å²) < 4.78 is 1.85. The molecule has 1 aliphatic heterocycles. The Balaban J connectivity index is 1.67. The third-order valence-electron chi connectivity index (χ3n) is 3.01. The number of likely N-dealkylation sites (tertiary alicyclic amines) is 1. The fraction of sp³-hybridized carbons (Fsp3) is 0.727. The SMILES string of the molecule is CN1CCC(CNCc2cnn(C)c2)C1. The van der Waals surface area contributed by atoms with Gasteiger partial charge >= 0.3 is 0 Å². The van der Waals surface area contributed by atoms with Crippen molar-refractivity contribution in [1.82, 2.24) is 20.0 Å². The van der Waals surface area contributed by atoms with Crippen LogP contribution in [0.25, 0.3) is 0 Å². The molecule has 0 aromatic carbocycles. The molecule has 84 valence electrons. The van der Waals surface area contributed by atoms with Crippen molar-refractivity contribution in [3.63, 3.8) is 0 Å². The zero-order valence-electron chi connectivity index (χ0n) is 9.61. The lowest BCUT2D eigenvalue weighted by atomic mass is 10.1. The second-order valence-electron chi connectivity index (χ2n) is 4.57. The highest BCUT2D eigenvalue weighted by Crippen LogP contribution is 2.12. The summed E-state index contributed by atoms with van der Waals surface area (Å²) >= 11 is 0. The van der Waals surface area contributed by atoms with Crippen molar-refractivity contribution < 1.29 is 0 Å². The van der Waals surface area contributed by atoms with E-state index in [1.165, 1.54) is 25.1 Å². The third kappa shape index (κ3) is 3.04. The van der Waals surface area contributed by atoms with Crippen molar-refractivity contribution in [3.8, 4) is 0 Å². The van der Waals surface area contributed by atoms with E-state index in [9.17, 15) is 0 Å². The molecule has 0 radical (unpaired) electrons. The van der Waals surface area contributed by atoms with Crippen LogP contribution in [0.1, 0.15) is 12.0 Å². The maximum atomic E-state index is 4.15. The summed E-state index contributed by atoms with van der Waals surface area (Å²) in [6, 6.07) is 0. The van der Waals surface area contributed by atoms with Gasteiger partial charge in [0.1, 0.15) is 0 Å². The molecule has 1 aromatic rings. The van der Waals surface area contributed by atoms with Crippen LogP contribution in [0.3, 0.4) is 0 Å². The largest absolute Gasteiger partial charge is 0.312 e. The van der Waals surface area contributed by atoms with Crippen molar-refractivity contribution in [2.45, 2.75) is 13.0 Å². The van der Waals surface area contributed by atoms with Gasteiger partial charge in [-0.25, -0.2) is 0 Å². The quantitative estimate of drug-likeness (QED) is 0.780. The lowest BCUT2D eigenvalue weighted by molar-refractivity contribution is 0.388. The standard InChI is InChI=1S/C11H20N4/c1-14-4-3-10(8-14)5-12-6-11-7-13-15(2)9-11/h7,9-10,12H,3-6,8H2,1-2H3.